The van der Waals surface area contributed by atoms with Gasteiger partial charge in [-0.05, 0) is 31.7 Å². The second-order valence-corrected chi connectivity index (χ2v) is 4.31. The predicted molar refractivity (Wildman–Crippen MR) is 49.0 cm³/mol. The van der Waals surface area contributed by atoms with Gasteiger partial charge in [-0.2, -0.15) is 0 Å². The molecule has 70 valence electrons. The molecule has 4 unspecified atom stereocenters. The summed E-state index contributed by atoms with van der Waals surface area (Å²) in [5.74, 6) is 2.66. The highest BCUT2D eigenvalue weighted by Crippen LogP contribution is 2.43. The van der Waals surface area contributed by atoms with E-state index in [1.807, 2.05) is 0 Å². The summed E-state index contributed by atoms with van der Waals surface area (Å²) in [6.07, 6.45) is 2.68. The first-order valence-electron chi connectivity index (χ1n) is 5.08. The summed E-state index contributed by atoms with van der Waals surface area (Å²) in [7, 11) is 2.09. The molecule has 0 spiro atoms. The van der Waals surface area contributed by atoms with Gasteiger partial charge in [0.1, 0.15) is 0 Å². The molecule has 0 amide bonds. The van der Waals surface area contributed by atoms with Gasteiger partial charge in [-0.25, -0.2) is 0 Å². The van der Waals surface area contributed by atoms with E-state index in [0.717, 1.165) is 37.0 Å². The van der Waals surface area contributed by atoms with Crippen LogP contribution in [0, 0.1) is 17.8 Å². The van der Waals surface area contributed by atoms with Gasteiger partial charge in [0, 0.05) is 18.6 Å². The van der Waals surface area contributed by atoms with Crippen LogP contribution in [0.15, 0.2) is 0 Å². The summed E-state index contributed by atoms with van der Waals surface area (Å²) < 4.78 is 5.41. The molecular formula is C10H19NO. The molecule has 0 aromatic heterocycles. The highest BCUT2D eigenvalue weighted by atomic mass is 16.5. The van der Waals surface area contributed by atoms with Gasteiger partial charge in [-0.1, -0.05) is 6.92 Å². The van der Waals surface area contributed by atoms with E-state index in [2.05, 4.69) is 19.3 Å². The van der Waals surface area contributed by atoms with Crippen LogP contribution >= 0.6 is 0 Å². The van der Waals surface area contributed by atoms with E-state index >= 15 is 0 Å². The van der Waals surface area contributed by atoms with Gasteiger partial charge >= 0.3 is 0 Å². The summed E-state index contributed by atoms with van der Waals surface area (Å²) in [5, 5.41) is 3.46. The summed E-state index contributed by atoms with van der Waals surface area (Å²) in [4.78, 5) is 0. The molecule has 1 N–H and O–H groups in total. The third-order valence-corrected chi connectivity index (χ3v) is 3.44. The Kier molecular flexibility index (Phi) is 2.37. The van der Waals surface area contributed by atoms with Crippen LogP contribution in [0.5, 0.6) is 0 Å². The minimum Gasteiger partial charge on any atom is -0.381 e. The van der Waals surface area contributed by atoms with Crippen LogP contribution in [-0.2, 0) is 4.74 Å². The lowest BCUT2D eigenvalue weighted by atomic mass is 9.94. The van der Waals surface area contributed by atoms with E-state index in [4.69, 9.17) is 4.74 Å². The molecule has 1 heterocycles. The molecule has 2 aliphatic rings. The first kappa shape index (κ1) is 8.52. The quantitative estimate of drug-likeness (QED) is 0.687. The molecule has 2 rings (SSSR count). The van der Waals surface area contributed by atoms with Crippen LogP contribution in [0.3, 0.4) is 0 Å². The van der Waals surface area contributed by atoms with Crippen molar-refractivity contribution in [1.29, 1.82) is 0 Å². The molecule has 0 aromatic carbocycles. The Morgan fingerprint density at radius 3 is 2.67 bits per heavy atom. The predicted octanol–water partition coefficient (Wildman–Crippen LogP) is 1.27. The van der Waals surface area contributed by atoms with E-state index in [-0.39, 0.29) is 0 Å². The molecule has 2 heteroatoms. The highest BCUT2D eigenvalue weighted by molar-refractivity contribution is 4.95. The number of hydrogen-bond donors (Lipinski definition) is 1. The van der Waals surface area contributed by atoms with E-state index in [9.17, 15) is 0 Å². The fourth-order valence-electron chi connectivity index (χ4n) is 2.49. The lowest BCUT2D eigenvalue weighted by Gasteiger charge is -2.21. The molecule has 2 fully saturated rings. The lowest BCUT2D eigenvalue weighted by molar-refractivity contribution is 0.174. The third kappa shape index (κ3) is 1.50. The normalized spacial score (nSPS) is 43.0. The number of nitrogens with one attached hydrogen (secondary N) is 1. The fourth-order valence-corrected chi connectivity index (χ4v) is 2.49. The van der Waals surface area contributed by atoms with Crippen molar-refractivity contribution < 1.29 is 4.74 Å². The zero-order valence-electron chi connectivity index (χ0n) is 8.05. The molecule has 4 atom stereocenters. The van der Waals surface area contributed by atoms with Crippen molar-refractivity contribution >= 4 is 0 Å². The van der Waals surface area contributed by atoms with Crippen LogP contribution in [0.4, 0.5) is 0 Å². The largest absolute Gasteiger partial charge is 0.381 e. The van der Waals surface area contributed by atoms with Crippen molar-refractivity contribution in [3.05, 3.63) is 0 Å². The zero-order valence-corrected chi connectivity index (χ0v) is 8.05. The van der Waals surface area contributed by atoms with Crippen LogP contribution in [0.25, 0.3) is 0 Å². The van der Waals surface area contributed by atoms with Gasteiger partial charge < -0.3 is 10.1 Å². The number of hydrogen-bond acceptors (Lipinski definition) is 2. The Morgan fingerprint density at radius 1 is 1.50 bits per heavy atom. The minimum atomic E-state index is 0.725. The van der Waals surface area contributed by atoms with Gasteiger partial charge in [0.15, 0.2) is 0 Å². The molecule has 1 saturated heterocycles. The summed E-state index contributed by atoms with van der Waals surface area (Å²) >= 11 is 0. The minimum absolute atomic E-state index is 0.725. The highest BCUT2D eigenvalue weighted by Gasteiger charge is 2.42. The standard InChI is InChI=1S/C10H19NO/c1-7-5-9(7)10(11-2)8-3-4-12-6-8/h7-11H,3-6H2,1-2H3. The maximum Gasteiger partial charge on any atom is 0.0510 e. The average Bonchev–Trinajstić information content (AvgIpc) is 2.60. The van der Waals surface area contributed by atoms with Crippen molar-refractivity contribution in [2.45, 2.75) is 25.8 Å². The van der Waals surface area contributed by atoms with Crippen molar-refractivity contribution in [1.82, 2.24) is 5.32 Å². The second-order valence-electron chi connectivity index (χ2n) is 4.31. The van der Waals surface area contributed by atoms with Gasteiger partial charge in [0.05, 0.1) is 6.61 Å². The zero-order chi connectivity index (χ0) is 8.55. The summed E-state index contributed by atoms with van der Waals surface area (Å²) in [6.45, 7) is 4.31. The number of rotatable bonds is 3. The Bertz CT molecular complexity index is 154. The summed E-state index contributed by atoms with van der Waals surface area (Å²) in [5.41, 5.74) is 0. The van der Waals surface area contributed by atoms with E-state index < -0.39 is 0 Å². The van der Waals surface area contributed by atoms with Crippen molar-refractivity contribution in [2.75, 3.05) is 20.3 Å². The second kappa shape index (κ2) is 3.35. The summed E-state index contributed by atoms with van der Waals surface area (Å²) in [6, 6.07) is 0.725. The molecule has 1 aliphatic carbocycles. The molecule has 1 saturated carbocycles. The van der Waals surface area contributed by atoms with E-state index in [0.29, 0.717) is 0 Å². The Hall–Kier alpha value is -0.0800. The lowest BCUT2D eigenvalue weighted by Crippen LogP contribution is -2.36. The number of ether oxygens (including phenoxy) is 1. The maximum absolute atomic E-state index is 5.41. The molecule has 0 bridgehead atoms. The van der Waals surface area contributed by atoms with Crippen LogP contribution in [0.1, 0.15) is 19.8 Å². The monoisotopic (exact) mass is 169 g/mol. The molecule has 2 nitrogen and oxygen atoms in total. The molecule has 0 aromatic rings. The van der Waals surface area contributed by atoms with E-state index in [1.165, 1.54) is 12.8 Å². The fraction of sp³-hybridized carbons (Fsp3) is 1.00. The van der Waals surface area contributed by atoms with Gasteiger partial charge in [0.2, 0.25) is 0 Å². The van der Waals surface area contributed by atoms with E-state index in [1.54, 1.807) is 0 Å². The van der Waals surface area contributed by atoms with Crippen molar-refractivity contribution in [3.8, 4) is 0 Å². The van der Waals surface area contributed by atoms with Gasteiger partial charge in [-0.3, -0.25) is 0 Å². The van der Waals surface area contributed by atoms with Crippen LogP contribution < -0.4 is 5.32 Å². The van der Waals surface area contributed by atoms with Crippen LogP contribution in [0.2, 0.25) is 0 Å². The van der Waals surface area contributed by atoms with Crippen LogP contribution in [-0.4, -0.2) is 26.3 Å². The first-order valence-corrected chi connectivity index (χ1v) is 5.08. The molecule has 0 radical (unpaired) electrons. The Labute approximate surface area is 74.7 Å². The van der Waals surface area contributed by atoms with Crippen molar-refractivity contribution in [3.63, 3.8) is 0 Å². The van der Waals surface area contributed by atoms with Gasteiger partial charge in [0.25, 0.3) is 0 Å². The Morgan fingerprint density at radius 2 is 2.25 bits per heavy atom. The Balaban J connectivity index is 1.89. The SMILES string of the molecule is CNC(C1CCOC1)C1CC1C. The average molecular weight is 169 g/mol. The maximum atomic E-state index is 5.41. The smallest absolute Gasteiger partial charge is 0.0510 e. The topological polar surface area (TPSA) is 21.3 Å². The third-order valence-electron chi connectivity index (χ3n) is 3.44. The molecule has 1 aliphatic heterocycles. The van der Waals surface area contributed by atoms with Gasteiger partial charge in [-0.15, -0.1) is 0 Å². The first-order chi connectivity index (χ1) is 5.83. The molecular weight excluding hydrogens is 150 g/mol. The molecule has 12 heavy (non-hydrogen) atoms. The van der Waals surface area contributed by atoms with Crippen molar-refractivity contribution in [2.24, 2.45) is 17.8 Å².